The predicted octanol–water partition coefficient (Wildman–Crippen LogP) is 1.86. The Bertz CT molecular complexity index is 183. The molecule has 0 spiro atoms. The fourth-order valence-electron chi connectivity index (χ4n) is 2.88. The number of nitrogens with zero attached hydrogens (tertiary/aromatic N) is 1. The Labute approximate surface area is 88.1 Å². The van der Waals surface area contributed by atoms with E-state index in [0.29, 0.717) is 5.54 Å². The molecule has 0 atom stereocenters. The van der Waals surface area contributed by atoms with Crippen LogP contribution in [0.2, 0.25) is 0 Å². The lowest BCUT2D eigenvalue weighted by Crippen LogP contribution is -2.43. The van der Waals surface area contributed by atoms with Gasteiger partial charge in [0.2, 0.25) is 0 Å². The van der Waals surface area contributed by atoms with E-state index in [1.165, 1.54) is 51.9 Å². The number of nitrogens with one attached hydrogen (secondary N) is 1. The van der Waals surface area contributed by atoms with Crippen LogP contribution in [0.15, 0.2) is 0 Å². The number of hydrogen-bond donors (Lipinski definition) is 1. The van der Waals surface area contributed by atoms with Crippen molar-refractivity contribution in [1.82, 2.24) is 10.2 Å². The van der Waals surface area contributed by atoms with E-state index in [1.54, 1.807) is 0 Å². The van der Waals surface area contributed by atoms with Gasteiger partial charge >= 0.3 is 0 Å². The highest BCUT2D eigenvalue weighted by Gasteiger charge is 2.33. The number of rotatable bonds is 2. The summed E-state index contributed by atoms with van der Waals surface area (Å²) in [7, 11) is 0. The number of piperidine rings is 1. The van der Waals surface area contributed by atoms with Crippen LogP contribution in [0.4, 0.5) is 0 Å². The fourth-order valence-corrected chi connectivity index (χ4v) is 2.88. The first kappa shape index (κ1) is 10.4. The molecule has 14 heavy (non-hydrogen) atoms. The van der Waals surface area contributed by atoms with E-state index in [4.69, 9.17) is 0 Å². The lowest BCUT2D eigenvalue weighted by atomic mass is 9.95. The van der Waals surface area contributed by atoms with Crippen molar-refractivity contribution in [3.63, 3.8) is 0 Å². The summed E-state index contributed by atoms with van der Waals surface area (Å²) in [6, 6.07) is 0. The maximum atomic E-state index is 3.44. The van der Waals surface area contributed by atoms with Crippen LogP contribution in [0.3, 0.4) is 0 Å². The molecule has 0 aliphatic carbocycles. The summed E-state index contributed by atoms with van der Waals surface area (Å²) in [6.45, 7) is 9.95. The summed E-state index contributed by atoms with van der Waals surface area (Å²) in [4.78, 5) is 2.71. The van der Waals surface area contributed by atoms with Gasteiger partial charge in [0.05, 0.1) is 0 Å². The van der Waals surface area contributed by atoms with Crippen LogP contribution in [0.25, 0.3) is 0 Å². The highest BCUT2D eigenvalue weighted by molar-refractivity contribution is 4.89. The lowest BCUT2D eigenvalue weighted by molar-refractivity contribution is 0.135. The normalized spacial score (nSPS) is 29.6. The van der Waals surface area contributed by atoms with Crippen LogP contribution in [-0.4, -0.2) is 36.6 Å². The Balaban J connectivity index is 1.83. The Hall–Kier alpha value is -0.0800. The molecule has 0 unspecified atom stereocenters. The van der Waals surface area contributed by atoms with Gasteiger partial charge < -0.3 is 5.32 Å². The van der Waals surface area contributed by atoms with Gasteiger partial charge in [0.1, 0.15) is 0 Å². The van der Waals surface area contributed by atoms with Gasteiger partial charge in [0.15, 0.2) is 0 Å². The topological polar surface area (TPSA) is 15.3 Å². The predicted molar refractivity (Wildman–Crippen MR) is 60.5 cm³/mol. The first-order valence-electron chi connectivity index (χ1n) is 6.14. The molecule has 1 N–H and O–H groups in total. The van der Waals surface area contributed by atoms with Gasteiger partial charge in [-0.05, 0) is 65.1 Å². The van der Waals surface area contributed by atoms with E-state index in [0.717, 1.165) is 5.92 Å². The van der Waals surface area contributed by atoms with E-state index >= 15 is 0 Å². The van der Waals surface area contributed by atoms with E-state index in [-0.39, 0.29) is 0 Å². The molecule has 2 nitrogen and oxygen atoms in total. The Morgan fingerprint density at radius 2 is 2.00 bits per heavy atom. The molecule has 0 aromatic rings. The van der Waals surface area contributed by atoms with E-state index < -0.39 is 0 Å². The maximum absolute atomic E-state index is 3.44. The molecule has 0 amide bonds. The summed E-state index contributed by atoms with van der Waals surface area (Å²) < 4.78 is 0. The average molecular weight is 196 g/mol. The number of hydrogen-bond acceptors (Lipinski definition) is 2. The molecule has 2 heteroatoms. The van der Waals surface area contributed by atoms with Crippen LogP contribution in [0.5, 0.6) is 0 Å². The largest absolute Gasteiger partial charge is 0.317 e. The minimum absolute atomic E-state index is 0.477. The quantitative estimate of drug-likeness (QED) is 0.725. The third kappa shape index (κ3) is 2.29. The highest BCUT2D eigenvalue weighted by Crippen LogP contribution is 2.30. The molecule has 0 bridgehead atoms. The van der Waals surface area contributed by atoms with Crippen molar-refractivity contribution in [2.24, 2.45) is 5.92 Å². The molecule has 82 valence electrons. The lowest BCUT2D eigenvalue weighted by Gasteiger charge is -2.35. The molecular weight excluding hydrogens is 172 g/mol. The monoisotopic (exact) mass is 196 g/mol. The SMILES string of the molecule is CC1(C)CCCN1CC1CCNCC1. The second kappa shape index (κ2) is 4.19. The van der Waals surface area contributed by atoms with Gasteiger partial charge in [-0.15, -0.1) is 0 Å². The van der Waals surface area contributed by atoms with Crippen molar-refractivity contribution in [1.29, 1.82) is 0 Å². The van der Waals surface area contributed by atoms with Gasteiger partial charge in [0.25, 0.3) is 0 Å². The molecule has 2 aliphatic rings. The molecule has 2 rings (SSSR count). The van der Waals surface area contributed by atoms with Gasteiger partial charge in [0, 0.05) is 12.1 Å². The van der Waals surface area contributed by atoms with Crippen LogP contribution in [0, 0.1) is 5.92 Å². The second-order valence-electron chi connectivity index (χ2n) is 5.56. The molecule has 2 saturated heterocycles. The molecule has 0 aromatic carbocycles. The first-order valence-corrected chi connectivity index (χ1v) is 6.14. The highest BCUT2D eigenvalue weighted by atomic mass is 15.2. The smallest absolute Gasteiger partial charge is 0.0153 e. The van der Waals surface area contributed by atoms with Crippen LogP contribution < -0.4 is 5.32 Å². The van der Waals surface area contributed by atoms with Gasteiger partial charge in [-0.1, -0.05) is 0 Å². The maximum Gasteiger partial charge on any atom is 0.0153 e. The number of likely N-dealkylation sites (tertiary alicyclic amines) is 1. The summed E-state index contributed by atoms with van der Waals surface area (Å²) in [6.07, 6.45) is 5.55. The Morgan fingerprint density at radius 3 is 2.57 bits per heavy atom. The Morgan fingerprint density at radius 1 is 1.29 bits per heavy atom. The molecule has 2 aliphatic heterocycles. The zero-order valence-electron chi connectivity index (χ0n) is 9.68. The van der Waals surface area contributed by atoms with Crippen LogP contribution >= 0.6 is 0 Å². The standard InChI is InChI=1S/C12H24N2/c1-12(2)6-3-9-14(12)10-11-4-7-13-8-5-11/h11,13H,3-10H2,1-2H3. The van der Waals surface area contributed by atoms with Crippen molar-refractivity contribution < 1.29 is 0 Å². The minimum atomic E-state index is 0.477. The fraction of sp³-hybridized carbons (Fsp3) is 1.00. The molecule has 2 fully saturated rings. The molecular formula is C12H24N2. The molecule has 2 heterocycles. The van der Waals surface area contributed by atoms with E-state index in [1.807, 2.05) is 0 Å². The first-order chi connectivity index (χ1) is 6.68. The van der Waals surface area contributed by atoms with Crippen molar-refractivity contribution in [3.8, 4) is 0 Å². The molecule has 0 saturated carbocycles. The van der Waals surface area contributed by atoms with E-state index in [9.17, 15) is 0 Å². The summed E-state index contributed by atoms with van der Waals surface area (Å²) in [5.41, 5.74) is 0.477. The van der Waals surface area contributed by atoms with E-state index in [2.05, 4.69) is 24.1 Å². The Kier molecular flexibility index (Phi) is 3.13. The van der Waals surface area contributed by atoms with Crippen LogP contribution in [0.1, 0.15) is 39.5 Å². The molecule has 0 radical (unpaired) electrons. The summed E-state index contributed by atoms with van der Waals surface area (Å²) in [5.74, 6) is 0.952. The third-order valence-corrected chi connectivity index (χ3v) is 4.01. The van der Waals surface area contributed by atoms with Gasteiger partial charge in [-0.25, -0.2) is 0 Å². The van der Waals surface area contributed by atoms with Crippen molar-refractivity contribution >= 4 is 0 Å². The second-order valence-corrected chi connectivity index (χ2v) is 5.56. The minimum Gasteiger partial charge on any atom is -0.317 e. The van der Waals surface area contributed by atoms with Gasteiger partial charge in [-0.2, -0.15) is 0 Å². The van der Waals surface area contributed by atoms with Crippen molar-refractivity contribution in [2.45, 2.75) is 45.1 Å². The summed E-state index contributed by atoms with van der Waals surface area (Å²) >= 11 is 0. The van der Waals surface area contributed by atoms with Crippen molar-refractivity contribution in [2.75, 3.05) is 26.2 Å². The zero-order chi connectivity index (χ0) is 10.0. The third-order valence-electron chi connectivity index (χ3n) is 4.01. The zero-order valence-corrected chi connectivity index (χ0v) is 9.68. The average Bonchev–Trinajstić information content (AvgIpc) is 2.48. The molecule has 0 aromatic heterocycles. The van der Waals surface area contributed by atoms with Crippen molar-refractivity contribution in [3.05, 3.63) is 0 Å². The summed E-state index contributed by atoms with van der Waals surface area (Å²) in [5, 5.41) is 3.44. The van der Waals surface area contributed by atoms with Crippen LogP contribution in [-0.2, 0) is 0 Å². The van der Waals surface area contributed by atoms with Gasteiger partial charge in [-0.3, -0.25) is 4.90 Å².